The van der Waals surface area contributed by atoms with Gasteiger partial charge in [-0.3, -0.25) is 14.5 Å². The number of nitrogens with one attached hydrogen (secondary N) is 1. The third-order valence-corrected chi connectivity index (χ3v) is 7.02. The third-order valence-electron chi connectivity index (χ3n) is 7.02. The molecule has 0 aromatic heterocycles. The molecule has 0 bridgehead atoms. The fourth-order valence-corrected chi connectivity index (χ4v) is 4.87. The van der Waals surface area contributed by atoms with Crippen molar-refractivity contribution in [3.63, 3.8) is 0 Å². The largest absolute Gasteiger partial charge is 0.486 e. The lowest BCUT2D eigenvalue weighted by molar-refractivity contribution is -0.127. The second kappa shape index (κ2) is 9.38. The Morgan fingerprint density at radius 2 is 1.67 bits per heavy atom. The monoisotopic (exact) mass is 414 g/mol. The number of piperidine rings is 1. The Kier molecular flexibility index (Phi) is 6.61. The van der Waals surface area contributed by atoms with Gasteiger partial charge in [0.25, 0.3) is 0 Å². The number of fused-ring (bicyclic) bond motifs is 1. The van der Waals surface area contributed by atoms with Crippen LogP contribution >= 0.6 is 0 Å². The number of hydrogen-bond acceptors (Lipinski definition) is 5. The highest BCUT2D eigenvalue weighted by molar-refractivity contribution is 5.98. The molecule has 2 fully saturated rings. The van der Waals surface area contributed by atoms with Crippen LogP contribution in [0.1, 0.15) is 62.7 Å². The molecule has 1 unspecified atom stereocenters. The quantitative estimate of drug-likeness (QED) is 0.748. The Morgan fingerprint density at radius 1 is 1.00 bits per heavy atom. The van der Waals surface area contributed by atoms with Crippen LogP contribution in [0.25, 0.3) is 0 Å². The van der Waals surface area contributed by atoms with Gasteiger partial charge in [-0.2, -0.15) is 0 Å². The first-order valence-corrected chi connectivity index (χ1v) is 11.5. The van der Waals surface area contributed by atoms with Crippen LogP contribution in [0.4, 0.5) is 0 Å². The van der Waals surface area contributed by atoms with Crippen molar-refractivity contribution in [2.45, 2.75) is 64.5 Å². The number of hydrogen-bond donors (Lipinski definition) is 1. The number of Topliss-reactive ketones (excluding diaryl/α,β-unsaturated/α-hetero) is 1. The molecule has 1 N–H and O–H groups in total. The van der Waals surface area contributed by atoms with E-state index in [0.29, 0.717) is 36.3 Å². The van der Waals surface area contributed by atoms with Crippen molar-refractivity contribution < 1.29 is 19.1 Å². The highest BCUT2D eigenvalue weighted by Gasteiger charge is 2.31. The number of carbonyl (C=O) groups excluding carboxylic acids is 2. The first-order chi connectivity index (χ1) is 14.5. The molecule has 0 spiro atoms. The topological polar surface area (TPSA) is 67.9 Å². The van der Waals surface area contributed by atoms with E-state index in [1.807, 2.05) is 25.1 Å². The van der Waals surface area contributed by atoms with E-state index in [9.17, 15) is 9.59 Å². The van der Waals surface area contributed by atoms with E-state index in [-0.39, 0.29) is 23.7 Å². The van der Waals surface area contributed by atoms with Crippen LogP contribution in [-0.4, -0.2) is 55.0 Å². The second-order valence-electron chi connectivity index (χ2n) is 9.17. The van der Waals surface area contributed by atoms with E-state index < -0.39 is 0 Å². The SMILES string of the molecule is CC1CCC(NC(=O)C(C)N2CCC(C(=O)c3ccc4c(c3)OCCO4)CC2)CC1. The lowest BCUT2D eigenvalue weighted by atomic mass is 9.87. The van der Waals surface area contributed by atoms with Gasteiger partial charge in [-0.05, 0) is 82.7 Å². The molecular formula is C24H34N2O4. The van der Waals surface area contributed by atoms with Gasteiger partial charge in [0.2, 0.25) is 5.91 Å². The second-order valence-corrected chi connectivity index (χ2v) is 9.17. The number of rotatable bonds is 5. The van der Waals surface area contributed by atoms with Gasteiger partial charge in [-0.1, -0.05) is 6.92 Å². The van der Waals surface area contributed by atoms with E-state index in [1.165, 1.54) is 12.8 Å². The Hall–Kier alpha value is -2.08. The predicted octanol–water partition coefficient (Wildman–Crippen LogP) is 3.44. The van der Waals surface area contributed by atoms with Crippen LogP contribution in [0.2, 0.25) is 0 Å². The molecule has 164 valence electrons. The summed E-state index contributed by atoms with van der Waals surface area (Å²) in [7, 11) is 0. The average Bonchev–Trinajstić information content (AvgIpc) is 2.79. The fraction of sp³-hybridized carbons (Fsp3) is 0.667. The lowest BCUT2D eigenvalue weighted by Crippen LogP contribution is -2.51. The summed E-state index contributed by atoms with van der Waals surface area (Å²) in [5, 5.41) is 3.25. The van der Waals surface area contributed by atoms with Crippen molar-refractivity contribution in [1.82, 2.24) is 10.2 Å². The number of amides is 1. The Bertz CT molecular complexity index is 764. The highest BCUT2D eigenvalue weighted by atomic mass is 16.6. The highest BCUT2D eigenvalue weighted by Crippen LogP contribution is 2.33. The minimum atomic E-state index is -0.144. The molecular weight excluding hydrogens is 380 g/mol. The Morgan fingerprint density at radius 3 is 2.37 bits per heavy atom. The lowest BCUT2D eigenvalue weighted by Gasteiger charge is -2.36. The molecule has 1 aliphatic carbocycles. The van der Waals surface area contributed by atoms with E-state index in [1.54, 1.807) is 0 Å². The first-order valence-electron chi connectivity index (χ1n) is 11.5. The molecule has 6 nitrogen and oxygen atoms in total. The molecule has 30 heavy (non-hydrogen) atoms. The van der Waals surface area contributed by atoms with E-state index >= 15 is 0 Å². The molecule has 1 saturated carbocycles. The first kappa shape index (κ1) is 21.2. The zero-order valence-electron chi connectivity index (χ0n) is 18.2. The number of ether oxygens (including phenoxy) is 2. The number of ketones is 1. The van der Waals surface area contributed by atoms with Gasteiger partial charge in [0.15, 0.2) is 17.3 Å². The molecule has 0 radical (unpaired) electrons. The van der Waals surface area contributed by atoms with Gasteiger partial charge in [0.1, 0.15) is 13.2 Å². The number of carbonyl (C=O) groups is 2. The summed E-state index contributed by atoms with van der Waals surface area (Å²) in [6.45, 7) is 6.89. The van der Waals surface area contributed by atoms with Gasteiger partial charge < -0.3 is 14.8 Å². The third kappa shape index (κ3) is 4.80. The van der Waals surface area contributed by atoms with Crippen molar-refractivity contribution >= 4 is 11.7 Å². The zero-order valence-corrected chi connectivity index (χ0v) is 18.2. The van der Waals surface area contributed by atoms with Gasteiger partial charge in [-0.15, -0.1) is 0 Å². The summed E-state index contributed by atoms with van der Waals surface area (Å²) in [6.07, 6.45) is 6.15. The van der Waals surface area contributed by atoms with E-state index in [4.69, 9.17) is 9.47 Å². The Labute approximate surface area is 179 Å². The van der Waals surface area contributed by atoms with Crippen LogP contribution in [0.3, 0.4) is 0 Å². The van der Waals surface area contributed by atoms with Crippen LogP contribution < -0.4 is 14.8 Å². The maximum Gasteiger partial charge on any atom is 0.237 e. The smallest absolute Gasteiger partial charge is 0.237 e. The maximum atomic E-state index is 13.0. The van der Waals surface area contributed by atoms with Crippen LogP contribution in [0, 0.1) is 11.8 Å². The number of likely N-dealkylation sites (tertiary alicyclic amines) is 1. The zero-order chi connectivity index (χ0) is 21.1. The number of nitrogens with zero attached hydrogens (tertiary/aromatic N) is 1. The summed E-state index contributed by atoms with van der Waals surface area (Å²) < 4.78 is 11.2. The average molecular weight is 415 g/mol. The molecule has 1 aromatic rings. The van der Waals surface area contributed by atoms with Crippen molar-refractivity contribution in [3.05, 3.63) is 23.8 Å². The predicted molar refractivity (Wildman–Crippen MR) is 115 cm³/mol. The van der Waals surface area contributed by atoms with E-state index in [0.717, 1.165) is 44.7 Å². The summed E-state index contributed by atoms with van der Waals surface area (Å²) >= 11 is 0. The normalized spacial score (nSPS) is 26.1. The molecule has 2 aliphatic heterocycles. The molecule has 1 atom stereocenters. The summed E-state index contributed by atoms with van der Waals surface area (Å²) in [5.41, 5.74) is 0.690. The van der Waals surface area contributed by atoms with Crippen molar-refractivity contribution in [2.24, 2.45) is 11.8 Å². The van der Waals surface area contributed by atoms with E-state index in [2.05, 4.69) is 17.1 Å². The molecule has 2 heterocycles. The molecule has 4 rings (SSSR count). The van der Waals surface area contributed by atoms with Crippen LogP contribution in [0.5, 0.6) is 11.5 Å². The van der Waals surface area contributed by atoms with Crippen molar-refractivity contribution in [3.8, 4) is 11.5 Å². The molecule has 3 aliphatic rings. The van der Waals surface area contributed by atoms with Gasteiger partial charge >= 0.3 is 0 Å². The molecule has 1 amide bonds. The molecule has 6 heteroatoms. The van der Waals surface area contributed by atoms with Gasteiger partial charge in [0.05, 0.1) is 6.04 Å². The fourth-order valence-electron chi connectivity index (χ4n) is 4.87. The summed E-state index contributed by atoms with van der Waals surface area (Å²) in [5.74, 6) is 2.44. The van der Waals surface area contributed by atoms with Crippen molar-refractivity contribution in [1.29, 1.82) is 0 Å². The maximum absolute atomic E-state index is 13.0. The van der Waals surface area contributed by atoms with Gasteiger partial charge in [-0.25, -0.2) is 0 Å². The Balaban J connectivity index is 1.28. The molecule has 1 saturated heterocycles. The van der Waals surface area contributed by atoms with Gasteiger partial charge in [0, 0.05) is 17.5 Å². The minimum Gasteiger partial charge on any atom is -0.486 e. The van der Waals surface area contributed by atoms with Crippen LogP contribution in [-0.2, 0) is 4.79 Å². The minimum absolute atomic E-state index is 0.00102. The van der Waals surface area contributed by atoms with Crippen molar-refractivity contribution in [2.75, 3.05) is 26.3 Å². The standard InChI is InChI=1S/C24H34N2O4/c1-16-3-6-20(7-4-16)25-24(28)17(2)26-11-9-18(10-12-26)23(27)19-5-8-21-22(15-19)30-14-13-29-21/h5,8,15-18,20H,3-4,6-7,9-14H2,1-2H3,(H,25,28). The summed E-state index contributed by atoms with van der Waals surface area (Å²) in [6, 6.07) is 5.66. The number of benzene rings is 1. The summed E-state index contributed by atoms with van der Waals surface area (Å²) in [4.78, 5) is 27.9. The van der Waals surface area contributed by atoms with Crippen LogP contribution in [0.15, 0.2) is 18.2 Å². The molecule has 1 aromatic carbocycles.